The Balaban J connectivity index is 0.000000559. The summed E-state index contributed by atoms with van der Waals surface area (Å²) in [6.45, 7) is 6.71. The molecule has 9 nitrogen and oxygen atoms in total. The summed E-state index contributed by atoms with van der Waals surface area (Å²) in [5, 5.41) is 10.2. The second kappa shape index (κ2) is 13.0. The smallest absolute Gasteiger partial charge is 0.475 e. The Labute approximate surface area is 234 Å². The van der Waals surface area contributed by atoms with Crippen molar-refractivity contribution >= 4 is 44.9 Å². The molecule has 0 aromatic heterocycles. The van der Waals surface area contributed by atoms with E-state index in [2.05, 4.69) is 21.9 Å². The summed E-state index contributed by atoms with van der Waals surface area (Å²) in [4.78, 5) is 26.2. The molecule has 220 valence electrons. The molecule has 2 saturated heterocycles. The summed E-state index contributed by atoms with van der Waals surface area (Å²) in [7, 11) is -4.01. The molecule has 0 bridgehead atoms. The summed E-state index contributed by atoms with van der Waals surface area (Å²) >= 11 is 5.76. The predicted octanol–water partition coefficient (Wildman–Crippen LogP) is 4.19. The van der Waals surface area contributed by atoms with Gasteiger partial charge in [-0.25, -0.2) is 17.6 Å². The molecule has 0 atom stereocenters. The Hall–Kier alpha value is -3.10. The minimum Gasteiger partial charge on any atom is -0.475 e. The lowest BCUT2D eigenvalue weighted by Gasteiger charge is -2.34. The number of benzene rings is 2. The van der Waals surface area contributed by atoms with Gasteiger partial charge in [0.05, 0.1) is 15.5 Å². The van der Waals surface area contributed by atoms with E-state index in [0.717, 1.165) is 62.9 Å². The van der Waals surface area contributed by atoms with Gasteiger partial charge in [-0.05, 0) is 55.2 Å². The van der Waals surface area contributed by atoms with Crippen molar-refractivity contribution in [1.29, 1.82) is 0 Å². The van der Waals surface area contributed by atoms with Crippen LogP contribution in [0.25, 0.3) is 0 Å². The number of hydrogen-bond acceptors (Lipinski definition) is 6. The lowest BCUT2D eigenvalue weighted by molar-refractivity contribution is -0.192. The van der Waals surface area contributed by atoms with Crippen molar-refractivity contribution in [3.8, 4) is 0 Å². The standard InChI is InChI=1S/C23H28ClFN4O3S.C2HF3O2/c1-16-6-10-29(11-7-16)23(30)19-14-17(2-5-22(19)28-12-8-26-9-13-28)27-33(31,32)18-3-4-21(25)20(24)15-18;3-2(4,5)1(6)7/h2-5,14-16,26-27H,6-13H2,1H3;(H,6,7). The summed E-state index contributed by atoms with van der Waals surface area (Å²) in [6, 6.07) is 8.27. The molecule has 0 radical (unpaired) electrons. The molecule has 0 aliphatic carbocycles. The summed E-state index contributed by atoms with van der Waals surface area (Å²) in [5.41, 5.74) is 1.54. The van der Waals surface area contributed by atoms with E-state index in [1.807, 2.05) is 4.90 Å². The fourth-order valence-electron chi connectivity index (χ4n) is 4.19. The largest absolute Gasteiger partial charge is 0.490 e. The molecular weight excluding hydrogens is 580 g/mol. The molecule has 2 aliphatic heterocycles. The molecule has 3 N–H and O–H groups in total. The molecule has 2 aliphatic rings. The average molecular weight is 609 g/mol. The zero-order valence-corrected chi connectivity index (χ0v) is 23.0. The van der Waals surface area contributed by atoms with Crippen LogP contribution in [0.5, 0.6) is 0 Å². The maximum absolute atomic E-state index is 13.5. The monoisotopic (exact) mass is 608 g/mol. The summed E-state index contributed by atoms with van der Waals surface area (Å²) < 4.78 is 73.5. The van der Waals surface area contributed by atoms with Crippen LogP contribution < -0.4 is 14.9 Å². The number of nitrogens with zero attached hydrogens (tertiary/aromatic N) is 2. The van der Waals surface area contributed by atoms with E-state index in [9.17, 15) is 30.8 Å². The average Bonchev–Trinajstić information content (AvgIpc) is 2.90. The number of alkyl halides is 3. The first-order valence-corrected chi connectivity index (χ1v) is 14.2. The van der Waals surface area contributed by atoms with Crippen LogP contribution in [-0.2, 0) is 14.8 Å². The second-order valence-electron chi connectivity index (χ2n) is 9.43. The van der Waals surface area contributed by atoms with Crippen LogP contribution >= 0.6 is 11.6 Å². The van der Waals surface area contributed by atoms with Crippen molar-refractivity contribution in [3.63, 3.8) is 0 Å². The Morgan fingerprint density at radius 1 is 1.05 bits per heavy atom. The van der Waals surface area contributed by atoms with E-state index < -0.39 is 28.0 Å². The molecule has 2 heterocycles. The van der Waals surface area contributed by atoms with Gasteiger partial charge in [0.25, 0.3) is 15.9 Å². The van der Waals surface area contributed by atoms with Gasteiger partial charge in [0.15, 0.2) is 0 Å². The fourth-order valence-corrected chi connectivity index (χ4v) is 5.51. The van der Waals surface area contributed by atoms with E-state index in [0.29, 0.717) is 24.6 Å². The Morgan fingerprint density at radius 2 is 1.65 bits per heavy atom. The Morgan fingerprint density at radius 3 is 2.20 bits per heavy atom. The van der Waals surface area contributed by atoms with Gasteiger partial charge in [0.2, 0.25) is 0 Å². The lowest BCUT2D eigenvalue weighted by Crippen LogP contribution is -2.45. The lowest BCUT2D eigenvalue weighted by atomic mass is 9.98. The zero-order chi connectivity index (χ0) is 29.7. The Bertz CT molecular complexity index is 1330. The maximum Gasteiger partial charge on any atom is 0.490 e. The fraction of sp³-hybridized carbons (Fsp3) is 0.440. The molecule has 0 saturated carbocycles. The molecular formula is C25H29ClF4N4O5S. The number of hydrogen-bond donors (Lipinski definition) is 3. The van der Waals surface area contributed by atoms with E-state index in [4.69, 9.17) is 21.5 Å². The van der Waals surface area contributed by atoms with E-state index >= 15 is 0 Å². The first-order valence-electron chi connectivity index (χ1n) is 12.4. The predicted molar refractivity (Wildman–Crippen MR) is 142 cm³/mol. The number of carboxylic acids is 1. The van der Waals surface area contributed by atoms with Crippen LogP contribution in [-0.4, -0.2) is 75.7 Å². The molecule has 15 heteroatoms. The van der Waals surface area contributed by atoms with Crippen LogP contribution in [0.3, 0.4) is 0 Å². The van der Waals surface area contributed by atoms with Gasteiger partial charge in [-0.2, -0.15) is 13.2 Å². The zero-order valence-electron chi connectivity index (χ0n) is 21.5. The minimum atomic E-state index is -5.08. The van der Waals surface area contributed by atoms with Crippen molar-refractivity contribution in [2.45, 2.75) is 30.8 Å². The topological polar surface area (TPSA) is 119 Å². The van der Waals surface area contributed by atoms with Gasteiger partial charge in [-0.3, -0.25) is 9.52 Å². The van der Waals surface area contributed by atoms with Gasteiger partial charge in [-0.15, -0.1) is 0 Å². The highest BCUT2D eigenvalue weighted by atomic mass is 35.5. The molecule has 0 spiro atoms. The molecule has 0 unspecified atom stereocenters. The first-order chi connectivity index (χ1) is 18.7. The number of piperazine rings is 1. The van der Waals surface area contributed by atoms with E-state index in [1.165, 1.54) is 0 Å². The normalized spacial score (nSPS) is 16.6. The third-order valence-corrected chi connectivity index (χ3v) is 8.12. The number of rotatable bonds is 5. The Kier molecular flexibility index (Phi) is 10.2. The highest BCUT2D eigenvalue weighted by Gasteiger charge is 2.38. The number of halogens is 5. The minimum absolute atomic E-state index is 0.0960. The van der Waals surface area contributed by atoms with E-state index in [-0.39, 0.29) is 21.5 Å². The quantitative estimate of drug-likeness (QED) is 0.436. The number of carbonyl (C=O) groups excluding carboxylic acids is 1. The van der Waals surface area contributed by atoms with E-state index in [1.54, 1.807) is 18.2 Å². The number of anilines is 2. The number of piperidine rings is 1. The van der Waals surface area contributed by atoms with Crippen molar-refractivity contribution in [2.24, 2.45) is 5.92 Å². The number of nitrogens with one attached hydrogen (secondary N) is 2. The van der Waals surface area contributed by atoms with Crippen LogP contribution in [0.15, 0.2) is 41.3 Å². The summed E-state index contributed by atoms with van der Waals surface area (Å²) in [5.74, 6) is -2.96. The first kappa shape index (κ1) is 31.4. The molecule has 2 aromatic rings. The van der Waals surface area contributed by atoms with Gasteiger partial charge >= 0.3 is 12.1 Å². The van der Waals surface area contributed by atoms with Crippen molar-refractivity contribution < 1.29 is 40.7 Å². The second-order valence-corrected chi connectivity index (χ2v) is 11.5. The van der Waals surface area contributed by atoms with Crippen LogP contribution in [0.4, 0.5) is 28.9 Å². The summed E-state index contributed by atoms with van der Waals surface area (Å²) in [6.07, 6.45) is -3.18. The molecule has 1 amide bonds. The van der Waals surface area contributed by atoms with Crippen LogP contribution in [0.1, 0.15) is 30.1 Å². The molecule has 2 fully saturated rings. The van der Waals surface area contributed by atoms with Crippen molar-refractivity contribution in [2.75, 3.05) is 48.9 Å². The molecule has 4 rings (SSSR count). The highest BCUT2D eigenvalue weighted by Crippen LogP contribution is 2.30. The number of sulfonamides is 1. The van der Waals surface area contributed by atoms with Gasteiger partial charge in [0, 0.05) is 50.6 Å². The maximum atomic E-state index is 13.5. The number of amides is 1. The SMILES string of the molecule is CC1CCN(C(=O)c2cc(NS(=O)(=O)c3ccc(F)c(Cl)c3)ccc2N2CCNCC2)CC1.O=C(O)C(F)(F)F. The molecule has 2 aromatic carbocycles. The number of carboxylic acid groups (broad SMARTS) is 1. The number of likely N-dealkylation sites (tertiary alicyclic amines) is 1. The van der Waals surface area contributed by atoms with Crippen LogP contribution in [0, 0.1) is 11.7 Å². The van der Waals surface area contributed by atoms with Gasteiger partial charge < -0.3 is 20.2 Å². The van der Waals surface area contributed by atoms with Gasteiger partial charge in [0.1, 0.15) is 5.82 Å². The van der Waals surface area contributed by atoms with Crippen molar-refractivity contribution in [1.82, 2.24) is 10.2 Å². The van der Waals surface area contributed by atoms with Gasteiger partial charge in [-0.1, -0.05) is 18.5 Å². The third kappa shape index (κ3) is 8.21. The van der Waals surface area contributed by atoms with Crippen LogP contribution in [0.2, 0.25) is 5.02 Å². The number of carbonyl (C=O) groups is 2. The number of aliphatic carboxylic acids is 1. The van der Waals surface area contributed by atoms with Crippen molar-refractivity contribution in [3.05, 3.63) is 52.8 Å². The third-order valence-electron chi connectivity index (χ3n) is 6.45. The highest BCUT2D eigenvalue weighted by molar-refractivity contribution is 7.92. The molecule has 40 heavy (non-hydrogen) atoms.